The molecule has 0 fully saturated rings. The van der Waals surface area contributed by atoms with E-state index in [-0.39, 0.29) is 5.91 Å². The summed E-state index contributed by atoms with van der Waals surface area (Å²) in [5.41, 5.74) is 2.20. The lowest BCUT2D eigenvalue weighted by atomic mass is 10.2. The van der Waals surface area contributed by atoms with Crippen LogP contribution in [0.25, 0.3) is 0 Å². The third-order valence-electron chi connectivity index (χ3n) is 2.87. The number of hydrogen-bond donors (Lipinski definition) is 1. The number of anilines is 1. The molecule has 1 atom stereocenters. The van der Waals surface area contributed by atoms with Gasteiger partial charge in [-0.25, -0.2) is 4.98 Å². The number of amides is 1. The van der Waals surface area contributed by atoms with Crippen molar-refractivity contribution in [2.75, 3.05) is 5.32 Å². The summed E-state index contributed by atoms with van der Waals surface area (Å²) in [7, 11) is 0. The fourth-order valence-electron chi connectivity index (χ4n) is 1.71. The SMILES string of the molecule is Cc1ccc(O[C@H](C)C(=O)Nc2cc(C)ccn2)cc1. The van der Waals surface area contributed by atoms with E-state index in [1.165, 1.54) is 0 Å². The molecule has 4 nitrogen and oxygen atoms in total. The second-order valence-electron chi connectivity index (χ2n) is 4.78. The van der Waals surface area contributed by atoms with Gasteiger partial charge in [-0.1, -0.05) is 17.7 Å². The van der Waals surface area contributed by atoms with Crippen molar-refractivity contribution in [2.45, 2.75) is 26.9 Å². The lowest BCUT2D eigenvalue weighted by Crippen LogP contribution is -2.30. The van der Waals surface area contributed by atoms with Gasteiger partial charge in [-0.3, -0.25) is 4.79 Å². The van der Waals surface area contributed by atoms with Crippen molar-refractivity contribution in [3.8, 4) is 5.75 Å². The van der Waals surface area contributed by atoms with Crippen molar-refractivity contribution < 1.29 is 9.53 Å². The van der Waals surface area contributed by atoms with Crippen LogP contribution in [0.4, 0.5) is 5.82 Å². The topological polar surface area (TPSA) is 51.2 Å². The van der Waals surface area contributed by atoms with Gasteiger partial charge in [0.15, 0.2) is 6.10 Å². The summed E-state index contributed by atoms with van der Waals surface area (Å²) in [6.45, 7) is 5.66. The Labute approximate surface area is 118 Å². The highest BCUT2D eigenvalue weighted by molar-refractivity contribution is 5.93. The molecule has 20 heavy (non-hydrogen) atoms. The van der Waals surface area contributed by atoms with Crippen LogP contribution in [0.1, 0.15) is 18.1 Å². The molecular weight excluding hydrogens is 252 g/mol. The summed E-state index contributed by atoms with van der Waals surface area (Å²) in [6, 6.07) is 11.3. The average Bonchev–Trinajstić information content (AvgIpc) is 2.41. The Balaban J connectivity index is 1.96. The number of benzene rings is 1. The summed E-state index contributed by atoms with van der Waals surface area (Å²) in [5.74, 6) is 0.994. The lowest BCUT2D eigenvalue weighted by molar-refractivity contribution is -0.122. The molecule has 0 aliphatic rings. The minimum atomic E-state index is -0.583. The summed E-state index contributed by atoms with van der Waals surface area (Å²) in [6.07, 6.45) is 1.08. The zero-order chi connectivity index (χ0) is 14.5. The van der Waals surface area contributed by atoms with E-state index in [0.717, 1.165) is 11.1 Å². The largest absolute Gasteiger partial charge is 0.481 e. The van der Waals surface area contributed by atoms with Crippen LogP contribution >= 0.6 is 0 Å². The number of aryl methyl sites for hydroxylation is 2. The van der Waals surface area contributed by atoms with Crippen molar-refractivity contribution in [2.24, 2.45) is 0 Å². The Morgan fingerprint density at radius 2 is 1.85 bits per heavy atom. The maximum Gasteiger partial charge on any atom is 0.266 e. The normalized spacial score (nSPS) is 11.8. The lowest BCUT2D eigenvalue weighted by Gasteiger charge is -2.14. The number of nitrogens with one attached hydrogen (secondary N) is 1. The number of aromatic nitrogens is 1. The van der Waals surface area contributed by atoms with Gasteiger partial charge in [0, 0.05) is 6.20 Å². The van der Waals surface area contributed by atoms with Crippen LogP contribution in [-0.4, -0.2) is 17.0 Å². The number of ether oxygens (including phenoxy) is 1. The Kier molecular flexibility index (Phi) is 4.35. The minimum Gasteiger partial charge on any atom is -0.481 e. The van der Waals surface area contributed by atoms with Crippen molar-refractivity contribution in [3.05, 3.63) is 53.7 Å². The Hall–Kier alpha value is -2.36. The number of hydrogen-bond acceptors (Lipinski definition) is 3. The third kappa shape index (κ3) is 3.82. The van der Waals surface area contributed by atoms with E-state index in [9.17, 15) is 4.79 Å². The smallest absolute Gasteiger partial charge is 0.266 e. The predicted octanol–water partition coefficient (Wildman–Crippen LogP) is 3.10. The minimum absolute atomic E-state index is 0.219. The molecule has 1 aromatic carbocycles. The number of nitrogens with zero attached hydrogens (tertiary/aromatic N) is 1. The molecule has 1 aromatic heterocycles. The Morgan fingerprint density at radius 1 is 1.15 bits per heavy atom. The van der Waals surface area contributed by atoms with Gasteiger partial charge in [0.05, 0.1) is 0 Å². The molecule has 2 aromatic rings. The van der Waals surface area contributed by atoms with E-state index in [1.807, 2.05) is 50.2 Å². The van der Waals surface area contributed by atoms with Crippen molar-refractivity contribution in [1.29, 1.82) is 0 Å². The van der Waals surface area contributed by atoms with Crippen LogP contribution in [0.15, 0.2) is 42.6 Å². The molecule has 0 saturated carbocycles. The van der Waals surface area contributed by atoms with Gasteiger partial charge in [-0.2, -0.15) is 0 Å². The fraction of sp³-hybridized carbons (Fsp3) is 0.250. The van der Waals surface area contributed by atoms with Gasteiger partial charge >= 0.3 is 0 Å². The van der Waals surface area contributed by atoms with Crippen molar-refractivity contribution in [3.63, 3.8) is 0 Å². The van der Waals surface area contributed by atoms with Crippen molar-refractivity contribution >= 4 is 11.7 Å². The van der Waals surface area contributed by atoms with Gasteiger partial charge < -0.3 is 10.1 Å². The molecule has 1 heterocycles. The number of carbonyl (C=O) groups is 1. The fourth-order valence-corrected chi connectivity index (χ4v) is 1.71. The molecule has 2 rings (SSSR count). The first-order chi connectivity index (χ1) is 9.54. The first-order valence-electron chi connectivity index (χ1n) is 6.51. The second-order valence-corrected chi connectivity index (χ2v) is 4.78. The average molecular weight is 270 g/mol. The summed E-state index contributed by atoms with van der Waals surface area (Å²) >= 11 is 0. The molecule has 0 saturated heterocycles. The highest BCUT2D eigenvalue weighted by atomic mass is 16.5. The zero-order valence-electron chi connectivity index (χ0n) is 11.9. The zero-order valence-corrected chi connectivity index (χ0v) is 11.9. The van der Waals surface area contributed by atoms with Crippen LogP contribution < -0.4 is 10.1 Å². The van der Waals surface area contributed by atoms with E-state index >= 15 is 0 Å². The van der Waals surface area contributed by atoms with Gasteiger partial charge in [-0.05, 0) is 50.6 Å². The van der Waals surface area contributed by atoms with E-state index in [2.05, 4.69) is 10.3 Å². The molecule has 0 aliphatic heterocycles. The van der Waals surface area contributed by atoms with Crippen molar-refractivity contribution in [1.82, 2.24) is 4.98 Å². The number of rotatable bonds is 4. The Morgan fingerprint density at radius 3 is 2.50 bits per heavy atom. The van der Waals surface area contributed by atoms with E-state index in [4.69, 9.17) is 4.74 Å². The molecule has 4 heteroatoms. The van der Waals surface area contributed by atoms with Crippen LogP contribution in [0, 0.1) is 13.8 Å². The molecule has 0 aliphatic carbocycles. The monoisotopic (exact) mass is 270 g/mol. The first kappa shape index (κ1) is 14.1. The quantitative estimate of drug-likeness (QED) is 0.928. The molecule has 1 amide bonds. The molecule has 1 N–H and O–H groups in total. The highest BCUT2D eigenvalue weighted by Crippen LogP contribution is 2.14. The second kappa shape index (κ2) is 6.19. The molecule has 0 unspecified atom stereocenters. The molecular formula is C16H18N2O2. The standard InChI is InChI=1S/C16H18N2O2/c1-11-4-6-14(7-5-11)20-13(3)16(19)18-15-10-12(2)8-9-17-15/h4-10,13H,1-3H3,(H,17,18,19)/t13-/m1/s1. The van der Waals surface area contributed by atoms with Gasteiger partial charge in [0.25, 0.3) is 5.91 Å². The molecule has 0 spiro atoms. The van der Waals surface area contributed by atoms with Gasteiger partial charge in [0.1, 0.15) is 11.6 Å². The maximum atomic E-state index is 12.0. The summed E-state index contributed by atoms with van der Waals surface area (Å²) < 4.78 is 5.59. The maximum absolute atomic E-state index is 12.0. The predicted molar refractivity (Wildman–Crippen MR) is 78.9 cm³/mol. The van der Waals surface area contributed by atoms with E-state index in [0.29, 0.717) is 11.6 Å². The summed E-state index contributed by atoms with van der Waals surface area (Å²) in [4.78, 5) is 16.1. The number of pyridine rings is 1. The molecule has 104 valence electrons. The van der Waals surface area contributed by atoms with E-state index in [1.54, 1.807) is 13.1 Å². The summed E-state index contributed by atoms with van der Waals surface area (Å²) in [5, 5.41) is 2.74. The van der Waals surface area contributed by atoms with Crippen LogP contribution in [0.5, 0.6) is 5.75 Å². The third-order valence-corrected chi connectivity index (χ3v) is 2.87. The first-order valence-corrected chi connectivity index (χ1v) is 6.51. The molecule has 0 radical (unpaired) electrons. The van der Waals surface area contributed by atoms with Gasteiger partial charge in [0.2, 0.25) is 0 Å². The highest BCUT2D eigenvalue weighted by Gasteiger charge is 2.15. The Bertz CT molecular complexity index is 594. The molecule has 0 bridgehead atoms. The van der Waals surface area contributed by atoms with E-state index < -0.39 is 6.10 Å². The van der Waals surface area contributed by atoms with Crippen LogP contribution in [0.3, 0.4) is 0 Å². The number of carbonyl (C=O) groups excluding carboxylic acids is 1. The van der Waals surface area contributed by atoms with Crippen LogP contribution in [0.2, 0.25) is 0 Å². The van der Waals surface area contributed by atoms with Gasteiger partial charge in [-0.15, -0.1) is 0 Å². The van der Waals surface area contributed by atoms with Crippen LogP contribution in [-0.2, 0) is 4.79 Å².